The number of amides is 1. The number of nitrogens with zero attached hydrogens (tertiary/aromatic N) is 5. The van der Waals surface area contributed by atoms with Crippen LogP contribution in [-0.2, 0) is 18.5 Å². The molecule has 2 aromatic rings. The van der Waals surface area contributed by atoms with E-state index in [1.54, 1.807) is 22.2 Å². The first kappa shape index (κ1) is 19.0. The van der Waals surface area contributed by atoms with Gasteiger partial charge in [0, 0.05) is 56.3 Å². The van der Waals surface area contributed by atoms with Gasteiger partial charge in [-0.15, -0.1) is 11.3 Å². The van der Waals surface area contributed by atoms with Crippen molar-refractivity contribution in [1.82, 2.24) is 24.6 Å². The zero-order valence-electron chi connectivity index (χ0n) is 16.2. The minimum absolute atomic E-state index is 0.0925. The molecule has 1 saturated heterocycles. The summed E-state index contributed by atoms with van der Waals surface area (Å²) in [7, 11) is 0. The van der Waals surface area contributed by atoms with Gasteiger partial charge in [0.25, 0.3) is 5.91 Å². The standard InChI is InChI=1S/C19H29N5OS/c1-5-24-16(7-8-20-24)17(25)23-10-6-9-22(11-12-23)13-15-14-26-18(21-15)19(2,3)4/h7-8,14H,5-6,9-13H2,1-4H3. The van der Waals surface area contributed by atoms with Gasteiger partial charge in [0.1, 0.15) is 5.69 Å². The smallest absolute Gasteiger partial charge is 0.272 e. The molecule has 7 heteroatoms. The third kappa shape index (κ3) is 4.32. The molecule has 2 aromatic heterocycles. The Hall–Kier alpha value is -1.73. The number of carbonyl (C=O) groups excluding carboxylic acids is 1. The quantitative estimate of drug-likeness (QED) is 0.824. The van der Waals surface area contributed by atoms with Gasteiger partial charge in [-0.25, -0.2) is 4.98 Å². The molecule has 1 fully saturated rings. The Kier molecular flexibility index (Phi) is 5.77. The van der Waals surface area contributed by atoms with E-state index in [1.807, 2.05) is 17.9 Å². The molecule has 1 aliphatic heterocycles. The first-order chi connectivity index (χ1) is 12.4. The molecule has 0 bridgehead atoms. The first-order valence-electron chi connectivity index (χ1n) is 9.37. The van der Waals surface area contributed by atoms with E-state index in [4.69, 9.17) is 4.98 Å². The van der Waals surface area contributed by atoms with Crippen LogP contribution in [0.1, 0.15) is 55.3 Å². The maximum atomic E-state index is 12.8. The number of aromatic nitrogens is 3. The van der Waals surface area contributed by atoms with E-state index in [0.29, 0.717) is 12.2 Å². The molecule has 0 unspecified atom stereocenters. The summed E-state index contributed by atoms with van der Waals surface area (Å²) in [6, 6.07) is 1.82. The highest BCUT2D eigenvalue weighted by Gasteiger charge is 2.23. The van der Waals surface area contributed by atoms with Crippen LogP contribution in [0, 0.1) is 0 Å². The Morgan fingerprint density at radius 1 is 1.23 bits per heavy atom. The molecule has 1 amide bonds. The highest BCUT2D eigenvalue weighted by Crippen LogP contribution is 2.26. The predicted molar refractivity (Wildman–Crippen MR) is 105 cm³/mol. The van der Waals surface area contributed by atoms with Crippen molar-refractivity contribution in [2.24, 2.45) is 0 Å². The average molecular weight is 376 g/mol. The number of rotatable bonds is 4. The van der Waals surface area contributed by atoms with Gasteiger partial charge in [0.15, 0.2) is 0 Å². The number of hydrogen-bond donors (Lipinski definition) is 0. The van der Waals surface area contributed by atoms with Crippen molar-refractivity contribution in [2.75, 3.05) is 26.2 Å². The van der Waals surface area contributed by atoms with Gasteiger partial charge in [0.05, 0.1) is 10.7 Å². The normalized spacial score (nSPS) is 16.7. The summed E-state index contributed by atoms with van der Waals surface area (Å²) in [5.41, 5.74) is 1.94. The van der Waals surface area contributed by atoms with E-state index in [-0.39, 0.29) is 11.3 Å². The van der Waals surface area contributed by atoms with Gasteiger partial charge in [-0.3, -0.25) is 14.4 Å². The van der Waals surface area contributed by atoms with Crippen LogP contribution >= 0.6 is 11.3 Å². The lowest BCUT2D eigenvalue weighted by atomic mass is 9.98. The van der Waals surface area contributed by atoms with Crippen LogP contribution in [0.5, 0.6) is 0 Å². The van der Waals surface area contributed by atoms with Crippen molar-refractivity contribution in [3.8, 4) is 0 Å². The summed E-state index contributed by atoms with van der Waals surface area (Å²) < 4.78 is 1.77. The molecule has 0 radical (unpaired) electrons. The molecule has 26 heavy (non-hydrogen) atoms. The van der Waals surface area contributed by atoms with E-state index >= 15 is 0 Å². The highest BCUT2D eigenvalue weighted by atomic mass is 32.1. The first-order valence-corrected chi connectivity index (χ1v) is 10.2. The maximum Gasteiger partial charge on any atom is 0.272 e. The lowest BCUT2D eigenvalue weighted by molar-refractivity contribution is 0.0748. The molecule has 0 atom stereocenters. The van der Waals surface area contributed by atoms with Gasteiger partial charge >= 0.3 is 0 Å². The second-order valence-corrected chi connectivity index (χ2v) is 8.71. The van der Waals surface area contributed by atoms with Gasteiger partial charge in [-0.05, 0) is 19.4 Å². The topological polar surface area (TPSA) is 54.3 Å². The Morgan fingerprint density at radius 2 is 2.04 bits per heavy atom. The van der Waals surface area contributed by atoms with E-state index in [2.05, 4.69) is 36.1 Å². The van der Waals surface area contributed by atoms with Gasteiger partial charge < -0.3 is 4.90 Å². The maximum absolute atomic E-state index is 12.8. The van der Waals surface area contributed by atoms with Crippen LogP contribution in [0.3, 0.4) is 0 Å². The molecule has 6 nitrogen and oxygen atoms in total. The van der Waals surface area contributed by atoms with Gasteiger partial charge in [0.2, 0.25) is 0 Å². The fourth-order valence-electron chi connectivity index (χ4n) is 3.21. The zero-order chi connectivity index (χ0) is 18.7. The fourth-order valence-corrected chi connectivity index (χ4v) is 4.11. The number of aryl methyl sites for hydroxylation is 1. The summed E-state index contributed by atoms with van der Waals surface area (Å²) >= 11 is 1.75. The number of thiazole rings is 1. The molecule has 0 N–H and O–H groups in total. The summed E-state index contributed by atoms with van der Waals surface area (Å²) in [6.07, 6.45) is 2.69. The van der Waals surface area contributed by atoms with Crippen molar-refractivity contribution in [1.29, 1.82) is 0 Å². The van der Waals surface area contributed by atoms with Crippen LogP contribution in [0.15, 0.2) is 17.6 Å². The molecule has 142 valence electrons. The zero-order valence-corrected chi connectivity index (χ0v) is 17.1. The minimum Gasteiger partial charge on any atom is -0.336 e. The third-order valence-corrected chi connectivity index (χ3v) is 6.01. The lowest BCUT2D eigenvalue weighted by Gasteiger charge is -2.22. The Labute approximate surface area is 159 Å². The van der Waals surface area contributed by atoms with Crippen molar-refractivity contribution >= 4 is 17.2 Å². The Balaban J connectivity index is 1.60. The average Bonchev–Trinajstić information content (AvgIpc) is 3.19. The van der Waals surface area contributed by atoms with E-state index in [9.17, 15) is 4.79 Å². The monoisotopic (exact) mass is 375 g/mol. The second-order valence-electron chi connectivity index (χ2n) is 7.85. The van der Waals surface area contributed by atoms with Crippen molar-refractivity contribution < 1.29 is 4.79 Å². The van der Waals surface area contributed by atoms with Crippen LogP contribution < -0.4 is 0 Å². The summed E-state index contributed by atoms with van der Waals surface area (Å²) in [6.45, 7) is 13.6. The van der Waals surface area contributed by atoms with Crippen LogP contribution in [-0.4, -0.2) is 56.7 Å². The summed E-state index contributed by atoms with van der Waals surface area (Å²) in [5.74, 6) is 0.0925. The molecular weight excluding hydrogens is 346 g/mol. The van der Waals surface area contributed by atoms with E-state index < -0.39 is 0 Å². The molecule has 0 aromatic carbocycles. The van der Waals surface area contributed by atoms with E-state index in [0.717, 1.165) is 44.8 Å². The SMILES string of the molecule is CCn1nccc1C(=O)N1CCCN(Cc2csc(C(C)(C)C)n2)CC1. The van der Waals surface area contributed by atoms with Crippen LogP contribution in [0.4, 0.5) is 0 Å². The molecule has 1 aliphatic rings. The summed E-state index contributed by atoms with van der Waals surface area (Å²) in [4.78, 5) is 22.0. The van der Waals surface area contributed by atoms with Crippen molar-refractivity contribution in [2.45, 2.75) is 52.6 Å². The third-order valence-electron chi connectivity index (χ3n) is 4.69. The van der Waals surface area contributed by atoms with Crippen LogP contribution in [0.25, 0.3) is 0 Å². The molecule has 3 heterocycles. The Morgan fingerprint density at radius 3 is 2.73 bits per heavy atom. The molecule has 0 aliphatic carbocycles. The molecule has 0 spiro atoms. The van der Waals surface area contributed by atoms with Gasteiger partial charge in [-0.1, -0.05) is 20.8 Å². The predicted octanol–water partition coefficient (Wildman–Crippen LogP) is 3.01. The second kappa shape index (κ2) is 7.88. The number of carbonyl (C=O) groups is 1. The van der Waals surface area contributed by atoms with E-state index in [1.165, 1.54) is 5.01 Å². The Bertz CT molecular complexity index is 745. The minimum atomic E-state index is 0.0925. The molecule has 3 rings (SSSR count). The lowest BCUT2D eigenvalue weighted by Crippen LogP contribution is -2.36. The number of hydrogen-bond acceptors (Lipinski definition) is 5. The van der Waals surface area contributed by atoms with Crippen molar-refractivity contribution in [3.05, 3.63) is 34.0 Å². The van der Waals surface area contributed by atoms with Crippen LogP contribution in [0.2, 0.25) is 0 Å². The van der Waals surface area contributed by atoms with Gasteiger partial charge in [-0.2, -0.15) is 5.10 Å². The fraction of sp³-hybridized carbons (Fsp3) is 0.632. The highest BCUT2D eigenvalue weighted by molar-refractivity contribution is 7.09. The van der Waals surface area contributed by atoms with Crippen molar-refractivity contribution in [3.63, 3.8) is 0 Å². The summed E-state index contributed by atoms with van der Waals surface area (Å²) in [5, 5.41) is 7.58. The molecular formula is C19H29N5OS. The molecule has 0 saturated carbocycles. The largest absolute Gasteiger partial charge is 0.336 e.